The van der Waals surface area contributed by atoms with Crippen molar-refractivity contribution in [2.45, 2.75) is 170 Å². The van der Waals surface area contributed by atoms with Gasteiger partial charge in [0.05, 0.1) is 23.1 Å². The first-order valence-corrected chi connectivity index (χ1v) is 29.8. The number of aryl methyl sites for hydroxylation is 3. The van der Waals surface area contributed by atoms with Crippen LogP contribution in [0.4, 0.5) is 10.1 Å². The van der Waals surface area contributed by atoms with Crippen LogP contribution in [-0.2, 0) is 19.3 Å². The summed E-state index contributed by atoms with van der Waals surface area (Å²) in [6, 6.07) is 24.2. The minimum Gasteiger partial charge on any atom is -0.372 e. The zero-order chi connectivity index (χ0) is 48.1. The molecule has 0 spiro atoms. The summed E-state index contributed by atoms with van der Waals surface area (Å²) in [6.07, 6.45) is 24.4. The number of hydrogen-bond donors (Lipinski definition) is 0. The number of nitrogens with zero attached hydrogens (tertiary/aromatic N) is 5. The smallest absolute Gasteiger partial charge is 0.132 e. The van der Waals surface area contributed by atoms with Gasteiger partial charge in [-0.05, 0) is 98.0 Å². The monoisotopic (exact) mass is 999 g/mol. The van der Waals surface area contributed by atoms with E-state index in [1.807, 2.05) is 6.07 Å². The minimum atomic E-state index is -0.132. The third-order valence-corrected chi connectivity index (χ3v) is 18.3. The molecule has 0 aliphatic heterocycles. The van der Waals surface area contributed by atoms with Crippen LogP contribution >= 0.6 is 45.7 Å². The van der Waals surface area contributed by atoms with Crippen molar-refractivity contribution in [2.24, 2.45) is 5.92 Å². The van der Waals surface area contributed by atoms with Crippen molar-refractivity contribution < 1.29 is 4.39 Å². The van der Waals surface area contributed by atoms with Crippen molar-refractivity contribution in [1.82, 2.24) is 18.7 Å². The second kappa shape index (κ2) is 25.3. The lowest BCUT2D eigenvalue weighted by atomic mass is 9.92. The van der Waals surface area contributed by atoms with Crippen LogP contribution in [0.2, 0.25) is 0 Å². The summed E-state index contributed by atoms with van der Waals surface area (Å²) in [7, 11) is 0. The third-order valence-electron chi connectivity index (χ3n) is 14.2. The summed E-state index contributed by atoms with van der Waals surface area (Å²) in [4.78, 5) is 18.0. The first-order valence-electron chi connectivity index (χ1n) is 26.6. The van der Waals surface area contributed by atoms with Crippen molar-refractivity contribution in [1.29, 1.82) is 0 Å². The van der Waals surface area contributed by atoms with Crippen LogP contribution in [0.25, 0.3) is 73.2 Å². The molecule has 0 N–H and O–H groups in total. The molecule has 69 heavy (non-hydrogen) atoms. The van der Waals surface area contributed by atoms with Gasteiger partial charge in [-0.15, -0.1) is 34.0 Å². The van der Waals surface area contributed by atoms with E-state index in [2.05, 4.69) is 101 Å². The number of unbranched alkanes of at least 4 members (excludes halogenated alkanes) is 11. The van der Waals surface area contributed by atoms with Crippen molar-refractivity contribution in [3.63, 3.8) is 0 Å². The van der Waals surface area contributed by atoms with Crippen LogP contribution in [0, 0.1) is 11.7 Å². The first kappa shape index (κ1) is 51.3. The van der Waals surface area contributed by atoms with Gasteiger partial charge in [-0.1, -0.05) is 156 Å². The third kappa shape index (κ3) is 12.3. The molecule has 8 aromatic rings. The van der Waals surface area contributed by atoms with Crippen LogP contribution in [0.5, 0.6) is 0 Å². The highest BCUT2D eigenvalue weighted by atomic mass is 32.1. The number of anilines is 1. The lowest BCUT2D eigenvalue weighted by Crippen LogP contribution is -2.25. The molecule has 366 valence electrons. The highest BCUT2D eigenvalue weighted by molar-refractivity contribution is 7.31. The molecule has 10 heteroatoms. The Balaban J connectivity index is 1.08. The Labute approximate surface area is 428 Å². The molecule has 0 aliphatic rings. The van der Waals surface area contributed by atoms with Gasteiger partial charge in [-0.3, -0.25) is 0 Å². The zero-order valence-corrected chi connectivity index (χ0v) is 45.5. The standard InChI is InChI=1S/C59H74FN5S4/c1-7-13-16-18-20-22-35-65(36-23-21-19-17-14-8-2)43-30-28-42(29-31-43)48-33-34-49(66-48)54-56-57(62-47(12-6)46(11-5)61-56)55(59-58(54)63-69-64-59)53-39-52-51(68-53)38-50(67-52)44-32-27-41(37-45(44)60)26-25-40(10-4)24-15-9-3/h27-34,37-40H,7-26,35-36H2,1-6H3. The van der Waals surface area contributed by atoms with E-state index in [0.717, 1.165) is 113 Å². The number of rotatable bonds is 28. The number of hydrogen-bond acceptors (Lipinski definition) is 9. The van der Waals surface area contributed by atoms with Gasteiger partial charge in [-0.2, -0.15) is 8.75 Å². The molecule has 0 bridgehead atoms. The van der Waals surface area contributed by atoms with Gasteiger partial charge in [0, 0.05) is 64.4 Å². The van der Waals surface area contributed by atoms with E-state index in [4.69, 9.17) is 18.7 Å². The molecule has 0 amide bonds. The summed E-state index contributed by atoms with van der Waals surface area (Å²) in [5.74, 6) is 0.578. The van der Waals surface area contributed by atoms with Gasteiger partial charge in [0.2, 0.25) is 0 Å². The Morgan fingerprint density at radius 2 is 1.09 bits per heavy atom. The highest BCUT2D eigenvalue weighted by Gasteiger charge is 2.26. The number of thiophene rings is 3. The van der Waals surface area contributed by atoms with Gasteiger partial charge >= 0.3 is 0 Å². The van der Waals surface area contributed by atoms with E-state index in [9.17, 15) is 0 Å². The Bertz CT molecular complexity index is 2820. The first-order chi connectivity index (χ1) is 33.9. The second-order valence-electron chi connectivity index (χ2n) is 19.2. The van der Waals surface area contributed by atoms with Crippen LogP contribution in [-0.4, -0.2) is 31.8 Å². The molecule has 5 nitrogen and oxygen atoms in total. The van der Waals surface area contributed by atoms with Gasteiger partial charge in [0.1, 0.15) is 27.9 Å². The van der Waals surface area contributed by atoms with Gasteiger partial charge in [-0.25, -0.2) is 14.4 Å². The fourth-order valence-electron chi connectivity index (χ4n) is 10.0. The Morgan fingerprint density at radius 3 is 1.68 bits per heavy atom. The number of halogens is 1. The van der Waals surface area contributed by atoms with Crippen LogP contribution < -0.4 is 4.90 Å². The van der Waals surface area contributed by atoms with Crippen LogP contribution in [0.3, 0.4) is 0 Å². The quantitative estimate of drug-likeness (QED) is 0.0458. The van der Waals surface area contributed by atoms with E-state index in [-0.39, 0.29) is 5.82 Å². The van der Waals surface area contributed by atoms with Crippen molar-refractivity contribution in [2.75, 3.05) is 18.0 Å². The van der Waals surface area contributed by atoms with E-state index < -0.39 is 0 Å². The summed E-state index contributed by atoms with van der Waals surface area (Å²) in [5.41, 5.74) is 11.9. The largest absolute Gasteiger partial charge is 0.372 e. The number of aromatic nitrogens is 4. The lowest BCUT2D eigenvalue weighted by molar-refractivity contribution is 0.421. The van der Waals surface area contributed by atoms with Crippen molar-refractivity contribution in [3.8, 4) is 41.8 Å². The Kier molecular flexibility index (Phi) is 18.8. The van der Waals surface area contributed by atoms with E-state index >= 15 is 4.39 Å². The Morgan fingerprint density at radius 1 is 0.522 bits per heavy atom. The predicted octanol–water partition coefficient (Wildman–Crippen LogP) is 19.6. The van der Waals surface area contributed by atoms with Crippen molar-refractivity contribution in [3.05, 3.63) is 89.5 Å². The molecule has 0 aliphatic carbocycles. The maximum Gasteiger partial charge on any atom is 0.132 e. The average molecular weight is 1000 g/mol. The molecule has 1 atom stereocenters. The van der Waals surface area contributed by atoms with Crippen LogP contribution in [0.15, 0.2) is 66.7 Å². The van der Waals surface area contributed by atoms with Gasteiger partial charge < -0.3 is 4.90 Å². The molecule has 0 radical (unpaired) electrons. The SMILES string of the molecule is CCCCCCCCN(CCCCCCCC)c1ccc(-c2ccc(-c3c4nsnc4c(-c4cc5sc(-c6ccc(CCC(CC)CCCC)cc6F)cc5s4)c4nc(CC)c(CC)nc34)s2)cc1. The summed E-state index contributed by atoms with van der Waals surface area (Å²) >= 11 is 6.45. The fourth-order valence-corrected chi connectivity index (χ4v) is 14.1. The minimum absolute atomic E-state index is 0.132. The second-order valence-corrected chi connectivity index (χ2v) is 23.0. The topological polar surface area (TPSA) is 54.8 Å². The van der Waals surface area contributed by atoms with Gasteiger partial charge in [0.15, 0.2) is 0 Å². The maximum absolute atomic E-state index is 15.8. The Hall–Kier alpha value is -4.09. The van der Waals surface area contributed by atoms with E-state index in [0.29, 0.717) is 11.5 Å². The molecule has 0 saturated heterocycles. The van der Waals surface area contributed by atoms with Crippen LogP contribution in [0.1, 0.15) is 168 Å². The predicted molar refractivity (Wildman–Crippen MR) is 303 cm³/mol. The lowest BCUT2D eigenvalue weighted by Gasteiger charge is -2.25. The number of fused-ring (bicyclic) bond motifs is 3. The molecule has 0 fully saturated rings. The van der Waals surface area contributed by atoms with Crippen molar-refractivity contribution >= 4 is 82.9 Å². The fraction of sp³-hybridized carbons (Fsp3) is 0.492. The molecule has 3 aromatic carbocycles. The molecular formula is C59H74FN5S4. The summed E-state index contributed by atoms with van der Waals surface area (Å²) in [6.45, 7) is 15.7. The zero-order valence-electron chi connectivity index (χ0n) is 42.2. The molecule has 1 unspecified atom stereocenters. The maximum atomic E-state index is 15.8. The average Bonchev–Trinajstić information content (AvgIpc) is 4.20. The molecule has 8 rings (SSSR count). The molecule has 5 heterocycles. The molecule has 0 saturated carbocycles. The van der Waals surface area contributed by atoms with E-state index in [1.165, 1.54) is 131 Å². The van der Waals surface area contributed by atoms with E-state index in [1.54, 1.807) is 40.1 Å². The highest BCUT2D eigenvalue weighted by Crippen LogP contribution is 2.49. The molecular weight excluding hydrogens is 926 g/mol. The number of benzene rings is 3. The summed E-state index contributed by atoms with van der Waals surface area (Å²) in [5, 5.41) is 0. The molecule has 5 aromatic heterocycles. The summed E-state index contributed by atoms with van der Waals surface area (Å²) < 4.78 is 28.1. The normalized spacial score (nSPS) is 12.3. The van der Waals surface area contributed by atoms with Gasteiger partial charge in [0.25, 0.3) is 0 Å².